The predicted molar refractivity (Wildman–Crippen MR) is 64.2 cm³/mol. The Morgan fingerprint density at radius 3 is 3.00 bits per heavy atom. The Kier molecular flexibility index (Phi) is 3.07. The van der Waals surface area contributed by atoms with E-state index in [9.17, 15) is 4.79 Å². The molecule has 0 radical (unpaired) electrons. The summed E-state index contributed by atoms with van der Waals surface area (Å²) in [6, 6.07) is 3.43. The Labute approximate surface area is 105 Å². The van der Waals surface area contributed by atoms with Crippen LogP contribution in [0.25, 0.3) is 5.69 Å². The molecule has 16 heavy (non-hydrogen) atoms. The first kappa shape index (κ1) is 11.3. The van der Waals surface area contributed by atoms with Crippen LogP contribution in [0, 0.1) is 6.92 Å². The highest BCUT2D eigenvalue weighted by Gasteiger charge is 2.12. The zero-order valence-corrected chi connectivity index (χ0v) is 10.7. The Bertz CT molecular complexity index is 553. The number of halogens is 2. The van der Waals surface area contributed by atoms with Crippen LogP contribution in [0.3, 0.4) is 0 Å². The monoisotopic (exact) mass is 299 g/mol. The summed E-state index contributed by atoms with van der Waals surface area (Å²) in [6.07, 6.45) is 2.31. The molecule has 2 heterocycles. The van der Waals surface area contributed by atoms with E-state index < -0.39 is 0 Å². The van der Waals surface area contributed by atoms with Crippen molar-refractivity contribution in [3.05, 3.63) is 39.3 Å². The van der Waals surface area contributed by atoms with Crippen molar-refractivity contribution in [2.45, 2.75) is 6.92 Å². The molecule has 0 saturated carbocycles. The van der Waals surface area contributed by atoms with E-state index in [4.69, 9.17) is 11.6 Å². The molecule has 6 heteroatoms. The fraction of sp³-hybridized carbons (Fsp3) is 0.100. The summed E-state index contributed by atoms with van der Waals surface area (Å²) >= 11 is 9.20. The van der Waals surface area contributed by atoms with Gasteiger partial charge in [0.2, 0.25) is 0 Å². The Morgan fingerprint density at radius 1 is 1.56 bits per heavy atom. The first-order valence-electron chi connectivity index (χ1n) is 4.45. The SMILES string of the molecule is Cc1cc(C=O)n(-c2ccnc(Cl)c2Br)n1. The number of hydrogen-bond acceptors (Lipinski definition) is 3. The predicted octanol–water partition coefficient (Wildman–Crippen LogP) is 2.80. The van der Waals surface area contributed by atoms with E-state index in [0.29, 0.717) is 21.0 Å². The summed E-state index contributed by atoms with van der Waals surface area (Å²) in [4.78, 5) is 14.8. The third-order valence-corrected chi connectivity index (χ3v) is 3.33. The van der Waals surface area contributed by atoms with Gasteiger partial charge >= 0.3 is 0 Å². The maximum Gasteiger partial charge on any atom is 0.168 e. The second-order valence-electron chi connectivity index (χ2n) is 3.18. The molecule has 0 saturated heterocycles. The maximum absolute atomic E-state index is 10.9. The molecule has 0 N–H and O–H groups in total. The molecule has 0 amide bonds. The van der Waals surface area contributed by atoms with E-state index >= 15 is 0 Å². The first-order chi connectivity index (χ1) is 7.63. The summed E-state index contributed by atoms with van der Waals surface area (Å²) < 4.78 is 2.14. The second kappa shape index (κ2) is 4.35. The van der Waals surface area contributed by atoms with Crippen molar-refractivity contribution in [1.82, 2.24) is 14.8 Å². The molecular weight excluding hydrogens is 293 g/mol. The maximum atomic E-state index is 10.9. The molecule has 4 nitrogen and oxygen atoms in total. The van der Waals surface area contributed by atoms with Crippen LogP contribution in [-0.2, 0) is 0 Å². The van der Waals surface area contributed by atoms with Crippen molar-refractivity contribution in [2.24, 2.45) is 0 Å². The fourth-order valence-corrected chi connectivity index (χ4v) is 1.92. The van der Waals surface area contributed by atoms with Gasteiger partial charge in [0.25, 0.3) is 0 Å². The zero-order valence-electron chi connectivity index (χ0n) is 8.32. The highest BCUT2D eigenvalue weighted by Crippen LogP contribution is 2.27. The van der Waals surface area contributed by atoms with E-state index in [0.717, 1.165) is 12.0 Å². The van der Waals surface area contributed by atoms with E-state index in [1.807, 2.05) is 6.92 Å². The molecule has 2 aromatic rings. The van der Waals surface area contributed by atoms with E-state index in [2.05, 4.69) is 26.0 Å². The third-order valence-electron chi connectivity index (χ3n) is 2.03. The molecule has 2 rings (SSSR count). The van der Waals surface area contributed by atoms with Gasteiger partial charge in [0.05, 0.1) is 15.9 Å². The minimum atomic E-state index is 0.336. The number of hydrogen-bond donors (Lipinski definition) is 0. The van der Waals surface area contributed by atoms with Crippen molar-refractivity contribution in [3.63, 3.8) is 0 Å². The summed E-state index contributed by atoms with van der Waals surface area (Å²) in [5.74, 6) is 0. The Morgan fingerprint density at radius 2 is 2.31 bits per heavy atom. The first-order valence-corrected chi connectivity index (χ1v) is 5.63. The van der Waals surface area contributed by atoms with Crippen LogP contribution in [0.1, 0.15) is 16.2 Å². The summed E-state index contributed by atoms with van der Waals surface area (Å²) in [7, 11) is 0. The lowest BCUT2D eigenvalue weighted by Crippen LogP contribution is -2.03. The quantitative estimate of drug-likeness (QED) is 0.633. The van der Waals surface area contributed by atoms with Gasteiger partial charge < -0.3 is 0 Å². The van der Waals surface area contributed by atoms with E-state index in [1.165, 1.54) is 4.68 Å². The van der Waals surface area contributed by atoms with Gasteiger partial charge in [-0.3, -0.25) is 4.79 Å². The van der Waals surface area contributed by atoms with Crippen LogP contribution in [0.4, 0.5) is 0 Å². The lowest BCUT2D eigenvalue weighted by atomic mass is 10.3. The molecule has 0 fully saturated rings. The molecule has 0 unspecified atom stereocenters. The van der Waals surface area contributed by atoms with Gasteiger partial charge in [0.15, 0.2) is 6.29 Å². The van der Waals surface area contributed by atoms with E-state index in [-0.39, 0.29) is 0 Å². The topological polar surface area (TPSA) is 47.8 Å². The fourth-order valence-electron chi connectivity index (χ4n) is 1.37. The van der Waals surface area contributed by atoms with Crippen molar-refractivity contribution in [2.75, 3.05) is 0 Å². The average Bonchev–Trinajstić information content (AvgIpc) is 2.63. The number of rotatable bonds is 2. The smallest absolute Gasteiger partial charge is 0.168 e. The number of pyridine rings is 1. The third kappa shape index (κ3) is 1.88. The van der Waals surface area contributed by atoms with Crippen LogP contribution >= 0.6 is 27.5 Å². The summed E-state index contributed by atoms with van der Waals surface area (Å²) in [5, 5.41) is 4.56. The van der Waals surface area contributed by atoms with Crippen LogP contribution in [0.15, 0.2) is 22.8 Å². The normalized spacial score (nSPS) is 10.4. The van der Waals surface area contributed by atoms with Crippen molar-refractivity contribution >= 4 is 33.8 Å². The van der Waals surface area contributed by atoms with Gasteiger partial charge in [-0.1, -0.05) is 11.6 Å². The highest BCUT2D eigenvalue weighted by molar-refractivity contribution is 9.10. The molecule has 0 aromatic carbocycles. The molecule has 0 aliphatic carbocycles. The van der Waals surface area contributed by atoms with Crippen molar-refractivity contribution in [1.29, 1.82) is 0 Å². The Hall–Kier alpha value is -1.20. The molecule has 2 aromatic heterocycles. The van der Waals surface area contributed by atoms with Crippen molar-refractivity contribution in [3.8, 4) is 5.69 Å². The van der Waals surface area contributed by atoms with Gasteiger partial charge in [-0.05, 0) is 35.0 Å². The summed E-state index contributed by atoms with van der Waals surface area (Å²) in [5.41, 5.74) is 1.93. The molecule has 0 aliphatic rings. The number of carbonyl (C=O) groups is 1. The molecule has 0 aliphatic heterocycles. The number of aldehydes is 1. The van der Waals surface area contributed by atoms with E-state index in [1.54, 1.807) is 18.3 Å². The van der Waals surface area contributed by atoms with Crippen LogP contribution < -0.4 is 0 Å². The zero-order chi connectivity index (χ0) is 11.7. The summed E-state index contributed by atoms with van der Waals surface area (Å²) in [6.45, 7) is 1.82. The second-order valence-corrected chi connectivity index (χ2v) is 4.33. The number of aromatic nitrogens is 3. The molecule has 0 spiro atoms. The molecule has 0 atom stereocenters. The highest BCUT2D eigenvalue weighted by atomic mass is 79.9. The number of nitrogens with zero attached hydrogens (tertiary/aromatic N) is 3. The van der Waals surface area contributed by atoms with Crippen molar-refractivity contribution < 1.29 is 4.79 Å². The van der Waals surface area contributed by atoms with Gasteiger partial charge in [0.1, 0.15) is 10.8 Å². The van der Waals surface area contributed by atoms with Gasteiger partial charge in [-0.15, -0.1) is 0 Å². The average molecular weight is 301 g/mol. The Balaban J connectivity index is 2.66. The van der Waals surface area contributed by atoms with Crippen LogP contribution in [-0.4, -0.2) is 21.1 Å². The molecule has 82 valence electrons. The standard InChI is InChI=1S/C10H7BrClN3O/c1-6-4-7(5-16)15(14-6)8-2-3-13-10(12)9(8)11/h2-5H,1H3. The number of aryl methyl sites for hydroxylation is 1. The minimum absolute atomic E-state index is 0.336. The molecular formula is C10H7BrClN3O. The molecule has 0 bridgehead atoms. The lowest BCUT2D eigenvalue weighted by molar-refractivity contribution is 0.111. The van der Waals surface area contributed by atoms with Gasteiger partial charge in [-0.2, -0.15) is 5.10 Å². The van der Waals surface area contributed by atoms with Crippen LogP contribution in [0.2, 0.25) is 5.15 Å². The lowest BCUT2D eigenvalue weighted by Gasteiger charge is -2.06. The van der Waals surface area contributed by atoms with Crippen LogP contribution in [0.5, 0.6) is 0 Å². The van der Waals surface area contributed by atoms with Gasteiger partial charge in [-0.25, -0.2) is 9.67 Å². The number of carbonyl (C=O) groups excluding carboxylic acids is 1. The minimum Gasteiger partial charge on any atom is -0.296 e. The largest absolute Gasteiger partial charge is 0.296 e. The van der Waals surface area contributed by atoms with Gasteiger partial charge in [0, 0.05) is 6.20 Å².